The summed E-state index contributed by atoms with van der Waals surface area (Å²) in [4.78, 5) is 0. The van der Waals surface area contributed by atoms with Crippen LogP contribution >= 0.6 is 27.5 Å². The number of hydrogen-bond acceptors (Lipinski definition) is 2. The third-order valence-corrected chi connectivity index (χ3v) is 3.49. The molecular weight excluding hydrogens is 291 g/mol. The molecule has 0 saturated carbocycles. The van der Waals surface area contributed by atoms with E-state index in [2.05, 4.69) is 15.9 Å². The first-order valence-corrected chi connectivity index (χ1v) is 6.87. The minimum absolute atomic E-state index is 0.557. The zero-order valence-corrected chi connectivity index (χ0v) is 11.3. The van der Waals surface area contributed by atoms with Gasteiger partial charge in [-0.05, 0) is 18.6 Å². The molecule has 0 aromatic heterocycles. The Balaban J connectivity index is 2.21. The summed E-state index contributed by atoms with van der Waals surface area (Å²) in [5, 5.41) is 1.69. The van der Waals surface area contributed by atoms with Crippen molar-refractivity contribution in [1.82, 2.24) is 0 Å². The van der Waals surface area contributed by atoms with Crippen LogP contribution in [0.2, 0.25) is 5.02 Å². The van der Waals surface area contributed by atoms with Crippen LogP contribution in [0.3, 0.4) is 0 Å². The fraction of sp³-hybridized carbons (Fsp3) is 0.500. The number of hydrogen-bond donors (Lipinski definition) is 0. The van der Waals surface area contributed by atoms with Gasteiger partial charge in [0, 0.05) is 22.3 Å². The maximum atomic E-state index is 5.88. The minimum atomic E-state index is -0.557. The van der Waals surface area contributed by atoms with Gasteiger partial charge < -0.3 is 9.47 Å². The highest BCUT2D eigenvalue weighted by Crippen LogP contribution is 2.36. The molecule has 0 atom stereocenters. The molecule has 88 valence electrons. The van der Waals surface area contributed by atoms with Crippen molar-refractivity contribution in [2.45, 2.75) is 18.6 Å². The molecule has 1 fully saturated rings. The van der Waals surface area contributed by atoms with Gasteiger partial charge in [-0.15, -0.1) is 0 Å². The van der Waals surface area contributed by atoms with Crippen molar-refractivity contribution < 1.29 is 9.47 Å². The van der Waals surface area contributed by atoms with E-state index in [1.807, 2.05) is 24.3 Å². The monoisotopic (exact) mass is 304 g/mol. The third kappa shape index (κ3) is 2.59. The van der Waals surface area contributed by atoms with Crippen molar-refractivity contribution in [1.29, 1.82) is 0 Å². The number of halogens is 2. The average Bonchev–Trinajstić information content (AvgIpc) is 2.77. The molecule has 0 unspecified atom stereocenters. The minimum Gasteiger partial charge on any atom is -0.343 e. The first-order valence-electron chi connectivity index (χ1n) is 5.37. The van der Waals surface area contributed by atoms with Crippen molar-refractivity contribution in [2.75, 3.05) is 18.5 Å². The van der Waals surface area contributed by atoms with Gasteiger partial charge in [0.25, 0.3) is 0 Å². The van der Waals surface area contributed by atoms with Crippen LogP contribution in [0.25, 0.3) is 0 Å². The Labute approximate surface area is 109 Å². The standard InChI is InChI=1S/C12H14BrClO2/c13-7-1-6-12(15-8-9-16-12)10-2-4-11(14)5-3-10/h2-5H,1,6-9H2. The largest absolute Gasteiger partial charge is 0.343 e. The lowest BCUT2D eigenvalue weighted by molar-refractivity contribution is -0.170. The maximum absolute atomic E-state index is 5.88. The molecule has 1 aliphatic heterocycles. The zero-order valence-electron chi connectivity index (χ0n) is 8.92. The van der Waals surface area contributed by atoms with Crippen molar-refractivity contribution >= 4 is 27.5 Å². The van der Waals surface area contributed by atoms with Crippen LogP contribution in [0.5, 0.6) is 0 Å². The highest BCUT2D eigenvalue weighted by atomic mass is 79.9. The van der Waals surface area contributed by atoms with Gasteiger partial charge in [-0.2, -0.15) is 0 Å². The fourth-order valence-electron chi connectivity index (χ4n) is 1.91. The highest BCUT2D eigenvalue weighted by molar-refractivity contribution is 9.09. The van der Waals surface area contributed by atoms with E-state index in [9.17, 15) is 0 Å². The first-order chi connectivity index (χ1) is 7.77. The van der Waals surface area contributed by atoms with Crippen LogP contribution in [-0.4, -0.2) is 18.5 Å². The second-order valence-corrected chi connectivity index (χ2v) is 4.98. The highest BCUT2D eigenvalue weighted by Gasteiger charge is 2.37. The Morgan fingerprint density at radius 2 is 1.81 bits per heavy atom. The van der Waals surface area contributed by atoms with Crippen molar-refractivity contribution in [3.63, 3.8) is 0 Å². The average molecular weight is 306 g/mol. The summed E-state index contributed by atoms with van der Waals surface area (Å²) in [5.74, 6) is -0.557. The van der Waals surface area contributed by atoms with E-state index in [0.717, 1.165) is 28.8 Å². The Morgan fingerprint density at radius 1 is 1.19 bits per heavy atom. The van der Waals surface area contributed by atoms with Crippen LogP contribution in [0.15, 0.2) is 24.3 Å². The summed E-state index contributed by atoms with van der Waals surface area (Å²) < 4.78 is 11.6. The SMILES string of the molecule is Clc1ccc(C2(CCCBr)OCCO2)cc1. The molecule has 0 amide bonds. The molecule has 0 bridgehead atoms. The number of alkyl halides is 1. The van der Waals surface area contributed by atoms with Gasteiger partial charge >= 0.3 is 0 Å². The molecule has 1 aromatic carbocycles. The van der Waals surface area contributed by atoms with Crippen molar-refractivity contribution in [3.05, 3.63) is 34.9 Å². The van der Waals surface area contributed by atoms with E-state index in [1.165, 1.54) is 0 Å². The van der Waals surface area contributed by atoms with E-state index in [-0.39, 0.29) is 0 Å². The van der Waals surface area contributed by atoms with Gasteiger partial charge in [-0.25, -0.2) is 0 Å². The van der Waals surface area contributed by atoms with Gasteiger partial charge in [0.15, 0.2) is 5.79 Å². The van der Waals surface area contributed by atoms with Gasteiger partial charge in [0.2, 0.25) is 0 Å². The van der Waals surface area contributed by atoms with E-state index in [0.29, 0.717) is 13.2 Å². The molecule has 4 heteroatoms. The maximum Gasteiger partial charge on any atom is 0.195 e. The van der Waals surface area contributed by atoms with Crippen LogP contribution in [0, 0.1) is 0 Å². The van der Waals surface area contributed by atoms with Crippen molar-refractivity contribution in [2.24, 2.45) is 0 Å². The Morgan fingerprint density at radius 3 is 2.38 bits per heavy atom. The molecule has 2 rings (SSSR count). The fourth-order valence-corrected chi connectivity index (χ4v) is 2.32. The normalized spacial score (nSPS) is 18.9. The Bertz CT molecular complexity index is 333. The van der Waals surface area contributed by atoms with E-state index < -0.39 is 5.79 Å². The molecule has 16 heavy (non-hydrogen) atoms. The molecule has 0 radical (unpaired) electrons. The summed E-state index contributed by atoms with van der Waals surface area (Å²) in [6.07, 6.45) is 1.88. The van der Waals surface area contributed by atoms with Crippen LogP contribution in [0.4, 0.5) is 0 Å². The lowest BCUT2D eigenvalue weighted by Gasteiger charge is -2.27. The van der Waals surface area contributed by atoms with E-state index in [4.69, 9.17) is 21.1 Å². The molecule has 1 aliphatic rings. The van der Waals surface area contributed by atoms with E-state index >= 15 is 0 Å². The Kier molecular flexibility index (Phi) is 4.25. The second kappa shape index (κ2) is 5.50. The Hall–Kier alpha value is -0.0900. The van der Waals surface area contributed by atoms with Crippen LogP contribution in [0.1, 0.15) is 18.4 Å². The molecule has 2 nitrogen and oxygen atoms in total. The topological polar surface area (TPSA) is 18.5 Å². The summed E-state index contributed by atoms with van der Waals surface area (Å²) in [7, 11) is 0. The molecule has 1 saturated heterocycles. The van der Waals surface area contributed by atoms with Crippen molar-refractivity contribution in [3.8, 4) is 0 Å². The lowest BCUT2D eigenvalue weighted by Crippen LogP contribution is -2.27. The first kappa shape index (κ1) is 12.4. The predicted octanol–water partition coefficient (Wildman–Crippen LogP) is 3.71. The number of ether oxygens (including phenoxy) is 2. The van der Waals surface area contributed by atoms with Gasteiger partial charge in [-0.3, -0.25) is 0 Å². The summed E-state index contributed by atoms with van der Waals surface area (Å²) in [6.45, 7) is 1.32. The van der Waals surface area contributed by atoms with Gasteiger partial charge in [0.1, 0.15) is 0 Å². The van der Waals surface area contributed by atoms with Crippen LogP contribution < -0.4 is 0 Å². The van der Waals surface area contributed by atoms with Crippen LogP contribution in [-0.2, 0) is 15.3 Å². The molecule has 1 heterocycles. The second-order valence-electron chi connectivity index (χ2n) is 3.75. The molecule has 0 aliphatic carbocycles. The number of rotatable bonds is 4. The molecule has 1 aromatic rings. The van der Waals surface area contributed by atoms with Gasteiger partial charge in [0.05, 0.1) is 13.2 Å². The van der Waals surface area contributed by atoms with Gasteiger partial charge in [-0.1, -0.05) is 39.7 Å². The molecular formula is C12H14BrClO2. The lowest BCUT2D eigenvalue weighted by atomic mass is 10.0. The summed E-state index contributed by atoms with van der Waals surface area (Å²) in [6, 6.07) is 7.69. The van der Waals surface area contributed by atoms with E-state index in [1.54, 1.807) is 0 Å². The molecule has 0 N–H and O–H groups in total. The quantitative estimate of drug-likeness (QED) is 0.789. The zero-order chi connectivity index (χ0) is 11.4. The number of benzene rings is 1. The molecule has 0 spiro atoms. The summed E-state index contributed by atoms with van der Waals surface area (Å²) >= 11 is 9.31. The predicted molar refractivity (Wildman–Crippen MR) is 68.1 cm³/mol. The smallest absolute Gasteiger partial charge is 0.195 e. The third-order valence-electron chi connectivity index (χ3n) is 2.68. The summed E-state index contributed by atoms with van der Waals surface area (Å²) in [5.41, 5.74) is 1.05.